The van der Waals surface area contributed by atoms with Crippen molar-refractivity contribution < 1.29 is 4.79 Å². The van der Waals surface area contributed by atoms with Crippen LogP contribution >= 0.6 is 0 Å². The number of rotatable bonds is 2. The quantitative estimate of drug-likeness (QED) is 0.781. The van der Waals surface area contributed by atoms with Crippen molar-refractivity contribution in [1.82, 2.24) is 20.1 Å². The third kappa shape index (κ3) is 1.76. The minimum Gasteiger partial charge on any atom is -0.363 e. The third-order valence-electron chi connectivity index (χ3n) is 2.98. The van der Waals surface area contributed by atoms with Gasteiger partial charge in [-0.05, 0) is 5.56 Å². The van der Waals surface area contributed by atoms with Crippen molar-refractivity contribution in [2.24, 2.45) is 5.73 Å². The summed E-state index contributed by atoms with van der Waals surface area (Å²) in [6.45, 7) is 1.48. The van der Waals surface area contributed by atoms with Crippen LogP contribution in [-0.2, 0) is 6.54 Å². The molecule has 2 aromatic rings. The molecule has 6 heteroatoms. The lowest BCUT2D eigenvalue weighted by Crippen LogP contribution is -2.34. The summed E-state index contributed by atoms with van der Waals surface area (Å²) < 4.78 is 1.74. The molecule has 1 aliphatic rings. The number of nitrogens with two attached hydrogens (primary N) is 1. The first-order chi connectivity index (χ1) is 8.75. The fourth-order valence-electron chi connectivity index (χ4n) is 2.16. The van der Waals surface area contributed by atoms with Crippen LogP contribution in [0, 0.1) is 0 Å². The molecule has 0 spiro atoms. The summed E-state index contributed by atoms with van der Waals surface area (Å²) in [6.07, 6.45) is 0. The zero-order chi connectivity index (χ0) is 12.5. The Morgan fingerprint density at radius 3 is 2.89 bits per heavy atom. The van der Waals surface area contributed by atoms with E-state index in [1.165, 1.54) is 0 Å². The highest BCUT2D eigenvalue weighted by Crippen LogP contribution is 2.22. The molecule has 18 heavy (non-hydrogen) atoms. The number of hydrogen-bond acceptors (Lipinski definition) is 4. The highest BCUT2D eigenvalue weighted by Gasteiger charge is 2.26. The van der Waals surface area contributed by atoms with Gasteiger partial charge in [-0.1, -0.05) is 30.3 Å². The van der Waals surface area contributed by atoms with Gasteiger partial charge in [0, 0.05) is 6.54 Å². The van der Waals surface area contributed by atoms with E-state index in [1.807, 2.05) is 30.3 Å². The minimum absolute atomic E-state index is 0.0412. The molecule has 0 fully saturated rings. The number of hydrogen-bond donors (Lipinski definition) is 2. The fourth-order valence-corrected chi connectivity index (χ4v) is 2.16. The van der Waals surface area contributed by atoms with Gasteiger partial charge in [0.05, 0.1) is 12.6 Å². The van der Waals surface area contributed by atoms with Gasteiger partial charge in [0.15, 0.2) is 0 Å². The van der Waals surface area contributed by atoms with Gasteiger partial charge in [-0.15, -0.1) is 5.10 Å². The molecule has 0 saturated carbocycles. The summed E-state index contributed by atoms with van der Waals surface area (Å²) in [5, 5.41) is 7.49. The standard InChI is InChI=1S/C12H13N5O/c13-10(18)11-15-12-9(8-4-2-1-3-5-8)14-6-7-17(12)16-11/h1-5,9,14H,6-7H2,(H2,13,18). The Morgan fingerprint density at radius 2 is 2.17 bits per heavy atom. The second-order valence-electron chi connectivity index (χ2n) is 4.18. The van der Waals surface area contributed by atoms with E-state index in [0.717, 1.165) is 17.9 Å². The Labute approximate surface area is 104 Å². The van der Waals surface area contributed by atoms with Crippen LogP contribution in [0.4, 0.5) is 0 Å². The van der Waals surface area contributed by atoms with E-state index in [2.05, 4.69) is 15.4 Å². The van der Waals surface area contributed by atoms with Crippen LogP contribution in [0.15, 0.2) is 30.3 Å². The number of nitrogens with one attached hydrogen (secondary N) is 1. The van der Waals surface area contributed by atoms with Gasteiger partial charge >= 0.3 is 0 Å². The average Bonchev–Trinajstić information content (AvgIpc) is 2.83. The first kappa shape index (κ1) is 10.9. The van der Waals surface area contributed by atoms with E-state index in [0.29, 0.717) is 6.54 Å². The number of fused-ring (bicyclic) bond motifs is 1. The van der Waals surface area contributed by atoms with Crippen LogP contribution in [0.5, 0.6) is 0 Å². The van der Waals surface area contributed by atoms with Crippen LogP contribution in [0.2, 0.25) is 0 Å². The van der Waals surface area contributed by atoms with Gasteiger partial charge in [0.25, 0.3) is 5.91 Å². The number of primary amides is 1. The maximum Gasteiger partial charge on any atom is 0.288 e. The first-order valence-corrected chi connectivity index (χ1v) is 5.78. The smallest absolute Gasteiger partial charge is 0.288 e. The number of benzene rings is 1. The van der Waals surface area contributed by atoms with Crippen LogP contribution in [0.3, 0.4) is 0 Å². The number of nitrogens with zero attached hydrogens (tertiary/aromatic N) is 3. The molecule has 2 heterocycles. The Bertz CT molecular complexity index is 577. The number of carbonyl (C=O) groups excluding carboxylic acids is 1. The predicted molar refractivity (Wildman–Crippen MR) is 64.8 cm³/mol. The molecule has 3 rings (SSSR count). The SMILES string of the molecule is NC(=O)c1nc2n(n1)CCNC2c1ccccc1. The van der Waals surface area contributed by atoms with Gasteiger partial charge in [0.1, 0.15) is 5.82 Å². The molecular formula is C12H13N5O. The normalized spacial score (nSPS) is 18.3. The lowest BCUT2D eigenvalue weighted by Gasteiger charge is -2.23. The van der Waals surface area contributed by atoms with E-state index in [4.69, 9.17) is 5.73 Å². The molecule has 1 unspecified atom stereocenters. The lowest BCUT2D eigenvalue weighted by atomic mass is 10.1. The van der Waals surface area contributed by atoms with Gasteiger partial charge in [-0.25, -0.2) is 9.67 Å². The molecule has 1 aromatic heterocycles. The van der Waals surface area contributed by atoms with Gasteiger partial charge in [-0.2, -0.15) is 0 Å². The summed E-state index contributed by atoms with van der Waals surface area (Å²) in [7, 11) is 0. The summed E-state index contributed by atoms with van der Waals surface area (Å²) in [4.78, 5) is 15.3. The Balaban J connectivity index is 2.04. The van der Waals surface area contributed by atoms with Crippen molar-refractivity contribution >= 4 is 5.91 Å². The van der Waals surface area contributed by atoms with Gasteiger partial charge < -0.3 is 11.1 Å². The number of carbonyl (C=O) groups is 1. The second kappa shape index (κ2) is 4.23. The summed E-state index contributed by atoms with van der Waals surface area (Å²) >= 11 is 0. The van der Waals surface area contributed by atoms with Crippen molar-refractivity contribution in [1.29, 1.82) is 0 Å². The molecule has 1 aromatic carbocycles. The molecule has 0 saturated heterocycles. The number of amides is 1. The molecule has 92 valence electrons. The monoisotopic (exact) mass is 243 g/mol. The molecule has 1 atom stereocenters. The molecule has 0 aliphatic carbocycles. The maximum absolute atomic E-state index is 11.1. The Morgan fingerprint density at radius 1 is 1.39 bits per heavy atom. The molecular weight excluding hydrogens is 230 g/mol. The van der Waals surface area contributed by atoms with Crippen LogP contribution in [0.1, 0.15) is 28.0 Å². The molecule has 0 radical (unpaired) electrons. The summed E-state index contributed by atoms with van der Waals surface area (Å²) in [5.74, 6) is 0.222. The van der Waals surface area contributed by atoms with Crippen molar-refractivity contribution in [2.75, 3.05) is 6.54 Å². The molecule has 1 amide bonds. The Kier molecular flexibility index (Phi) is 2.56. The first-order valence-electron chi connectivity index (χ1n) is 5.78. The van der Waals surface area contributed by atoms with Gasteiger partial charge in [0.2, 0.25) is 5.82 Å². The van der Waals surface area contributed by atoms with Crippen LogP contribution < -0.4 is 11.1 Å². The zero-order valence-corrected chi connectivity index (χ0v) is 9.71. The third-order valence-corrected chi connectivity index (χ3v) is 2.98. The van der Waals surface area contributed by atoms with E-state index in [-0.39, 0.29) is 11.9 Å². The van der Waals surface area contributed by atoms with E-state index < -0.39 is 5.91 Å². The van der Waals surface area contributed by atoms with Crippen molar-refractivity contribution in [2.45, 2.75) is 12.6 Å². The Hall–Kier alpha value is -2.21. The highest BCUT2D eigenvalue weighted by atomic mass is 16.1. The maximum atomic E-state index is 11.1. The topological polar surface area (TPSA) is 85.8 Å². The van der Waals surface area contributed by atoms with E-state index in [1.54, 1.807) is 4.68 Å². The van der Waals surface area contributed by atoms with Gasteiger partial charge in [-0.3, -0.25) is 4.79 Å². The largest absolute Gasteiger partial charge is 0.363 e. The van der Waals surface area contributed by atoms with Crippen LogP contribution in [-0.4, -0.2) is 27.2 Å². The van der Waals surface area contributed by atoms with E-state index >= 15 is 0 Å². The molecule has 0 bridgehead atoms. The average molecular weight is 243 g/mol. The predicted octanol–water partition coefficient (Wildman–Crippen LogP) is 0.0696. The molecule has 1 aliphatic heterocycles. The zero-order valence-electron chi connectivity index (χ0n) is 9.71. The van der Waals surface area contributed by atoms with Crippen LogP contribution in [0.25, 0.3) is 0 Å². The lowest BCUT2D eigenvalue weighted by molar-refractivity contribution is 0.0990. The fraction of sp³-hybridized carbons (Fsp3) is 0.250. The molecule has 6 nitrogen and oxygen atoms in total. The summed E-state index contributed by atoms with van der Waals surface area (Å²) in [6, 6.07) is 9.91. The van der Waals surface area contributed by atoms with Crippen molar-refractivity contribution in [3.63, 3.8) is 0 Å². The number of aromatic nitrogens is 3. The second-order valence-corrected chi connectivity index (χ2v) is 4.18. The van der Waals surface area contributed by atoms with E-state index in [9.17, 15) is 4.79 Å². The minimum atomic E-state index is -0.594. The highest BCUT2D eigenvalue weighted by molar-refractivity contribution is 5.88. The summed E-state index contributed by atoms with van der Waals surface area (Å²) in [5.41, 5.74) is 6.31. The van der Waals surface area contributed by atoms with Crippen molar-refractivity contribution in [3.05, 3.63) is 47.5 Å². The van der Waals surface area contributed by atoms with Crippen molar-refractivity contribution in [3.8, 4) is 0 Å². The molecule has 3 N–H and O–H groups in total.